The number of benzene rings is 1. The van der Waals surface area contributed by atoms with Crippen molar-refractivity contribution in [3.05, 3.63) is 53.0 Å². The third-order valence-electron chi connectivity index (χ3n) is 5.59. The lowest BCUT2D eigenvalue weighted by Crippen LogP contribution is -2.48. The van der Waals surface area contributed by atoms with Gasteiger partial charge >= 0.3 is 0 Å². The molecule has 1 aromatic carbocycles. The molecule has 2 aliphatic rings. The van der Waals surface area contributed by atoms with E-state index in [2.05, 4.69) is 32.3 Å². The van der Waals surface area contributed by atoms with Crippen LogP contribution in [0.1, 0.15) is 28.5 Å². The Bertz CT molecular complexity index is 1150. The molecule has 0 amide bonds. The Labute approximate surface area is 173 Å². The fourth-order valence-electron chi connectivity index (χ4n) is 4.12. The number of nitrogens with one attached hydrogen (secondary N) is 2. The highest BCUT2D eigenvalue weighted by atomic mass is 16.5. The summed E-state index contributed by atoms with van der Waals surface area (Å²) in [5, 5.41) is 11.4. The van der Waals surface area contributed by atoms with E-state index >= 15 is 0 Å². The van der Waals surface area contributed by atoms with Gasteiger partial charge in [-0.1, -0.05) is 0 Å². The summed E-state index contributed by atoms with van der Waals surface area (Å²) >= 11 is 0. The van der Waals surface area contributed by atoms with Gasteiger partial charge < -0.3 is 14.8 Å². The molecule has 0 saturated carbocycles. The van der Waals surface area contributed by atoms with Crippen LogP contribution in [0.5, 0.6) is 11.5 Å². The van der Waals surface area contributed by atoms with Gasteiger partial charge in [-0.05, 0) is 31.2 Å². The van der Waals surface area contributed by atoms with Crippen LogP contribution in [-0.4, -0.2) is 58.7 Å². The molecule has 3 aromatic rings. The molecule has 5 rings (SSSR count). The number of carbonyl (C=O) groups excluding carboxylic acids is 1. The number of hydrogen-bond donors (Lipinski definition) is 2. The molecular formula is C22H23N5O3. The summed E-state index contributed by atoms with van der Waals surface area (Å²) < 4.78 is 11.7. The predicted octanol–water partition coefficient (Wildman–Crippen LogP) is 2.38. The van der Waals surface area contributed by atoms with Gasteiger partial charge in [-0.2, -0.15) is 5.10 Å². The largest absolute Gasteiger partial charge is 0.496 e. The minimum absolute atomic E-state index is 0.150. The zero-order valence-electron chi connectivity index (χ0n) is 16.9. The average Bonchev–Trinajstić information content (AvgIpc) is 3.30. The molecule has 1 saturated heterocycles. The number of ketones is 1. The number of Topliss-reactive ketones (excluding diaryl/α,β-unsaturated/α-hetero) is 1. The summed E-state index contributed by atoms with van der Waals surface area (Å²) in [7, 11) is 1.64. The van der Waals surface area contributed by atoms with E-state index in [4.69, 9.17) is 9.47 Å². The van der Waals surface area contributed by atoms with Crippen LogP contribution in [0.2, 0.25) is 0 Å². The van der Waals surface area contributed by atoms with E-state index in [0.29, 0.717) is 35.2 Å². The Kier molecular flexibility index (Phi) is 4.72. The van der Waals surface area contributed by atoms with E-state index in [1.165, 1.54) is 0 Å². The number of hydrogen-bond acceptors (Lipinski definition) is 7. The summed E-state index contributed by atoms with van der Waals surface area (Å²) in [6.45, 7) is 5.62. The van der Waals surface area contributed by atoms with E-state index in [9.17, 15) is 4.79 Å². The quantitative estimate of drug-likeness (QED) is 0.644. The number of fused-ring (bicyclic) bond motifs is 2. The minimum atomic E-state index is -0.150. The molecule has 30 heavy (non-hydrogen) atoms. The summed E-state index contributed by atoms with van der Waals surface area (Å²) in [6, 6.07) is 7.78. The predicted molar refractivity (Wildman–Crippen MR) is 113 cm³/mol. The fraction of sp³-hybridized carbons (Fsp3) is 0.318. The van der Waals surface area contributed by atoms with E-state index in [-0.39, 0.29) is 11.5 Å². The van der Waals surface area contributed by atoms with Crippen LogP contribution in [0.15, 0.2) is 36.2 Å². The number of carbonyl (C=O) groups is 1. The van der Waals surface area contributed by atoms with Crippen LogP contribution >= 0.6 is 0 Å². The molecule has 4 heterocycles. The minimum Gasteiger partial charge on any atom is -0.496 e. The van der Waals surface area contributed by atoms with Gasteiger partial charge in [0.15, 0.2) is 11.4 Å². The van der Waals surface area contributed by atoms with Gasteiger partial charge in [0.05, 0.1) is 23.9 Å². The van der Waals surface area contributed by atoms with Crippen molar-refractivity contribution in [1.82, 2.24) is 25.4 Å². The number of nitrogens with zero attached hydrogens (tertiary/aromatic N) is 3. The standard InChI is InChI=1S/C22H23N5O3/c1-13-11-27(9-8-23-13)12-16-18(29-2)6-5-15-20(28)19(30-21(15)16)10-17-14-4-3-7-24-22(14)26-25-17/h3-7,10,13,23H,8-9,11-12H2,1-2H3,(H,24,25,26)/t13-/m1/s1. The summed E-state index contributed by atoms with van der Waals surface area (Å²) in [4.78, 5) is 19.6. The molecule has 8 nitrogen and oxygen atoms in total. The van der Waals surface area contributed by atoms with Gasteiger partial charge in [-0.3, -0.25) is 14.8 Å². The van der Waals surface area contributed by atoms with Gasteiger partial charge in [0.25, 0.3) is 0 Å². The molecule has 1 atom stereocenters. The lowest BCUT2D eigenvalue weighted by Gasteiger charge is -2.32. The van der Waals surface area contributed by atoms with Crippen LogP contribution in [-0.2, 0) is 6.54 Å². The Morgan fingerprint density at radius 3 is 3.10 bits per heavy atom. The molecule has 0 unspecified atom stereocenters. The van der Waals surface area contributed by atoms with Gasteiger partial charge in [-0.25, -0.2) is 4.98 Å². The SMILES string of the molecule is COc1ccc2c(c1CN1CCN[C@H](C)C1)OC(=Cc1n[nH]c3ncccc13)C2=O. The summed E-state index contributed by atoms with van der Waals surface area (Å²) in [5.41, 5.74) is 2.74. The third-order valence-corrected chi connectivity index (χ3v) is 5.59. The first-order valence-electron chi connectivity index (χ1n) is 10.0. The Morgan fingerprint density at radius 1 is 1.37 bits per heavy atom. The first kappa shape index (κ1) is 18.8. The zero-order chi connectivity index (χ0) is 20.7. The average molecular weight is 405 g/mol. The number of H-pyrrole nitrogens is 1. The number of aromatic amines is 1. The lowest BCUT2D eigenvalue weighted by atomic mass is 10.0. The smallest absolute Gasteiger partial charge is 0.232 e. The van der Waals surface area contributed by atoms with Gasteiger partial charge in [0.1, 0.15) is 11.5 Å². The first-order chi connectivity index (χ1) is 14.6. The highest BCUT2D eigenvalue weighted by molar-refractivity contribution is 6.15. The van der Waals surface area contributed by atoms with E-state index in [0.717, 1.165) is 36.3 Å². The second kappa shape index (κ2) is 7.55. The lowest BCUT2D eigenvalue weighted by molar-refractivity contribution is 0.101. The molecule has 0 radical (unpaired) electrons. The van der Waals surface area contributed by atoms with Crippen molar-refractivity contribution in [2.75, 3.05) is 26.7 Å². The number of ether oxygens (including phenoxy) is 2. The van der Waals surface area contributed by atoms with Crippen LogP contribution < -0.4 is 14.8 Å². The third kappa shape index (κ3) is 3.24. The van der Waals surface area contributed by atoms with Crippen molar-refractivity contribution < 1.29 is 14.3 Å². The highest BCUT2D eigenvalue weighted by Crippen LogP contribution is 2.40. The van der Waals surface area contributed by atoms with Crippen molar-refractivity contribution in [1.29, 1.82) is 0 Å². The zero-order valence-corrected chi connectivity index (χ0v) is 16.9. The maximum atomic E-state index is 13.0. The number of pyridine rings is 1. The molecule has 2 aromatic heterocycles. The number of rotatable bonds is 4. The number of methoxy groups -OCH3 is 1. The maximum absolute atomic E-state index is 13.0. The molecular weight excluding hydrogens is 382 g/mol. The summed E-state index contributed by atoms with van der Waals surface area (Å²) in [5.74, 6) is 1.41. The molecule has 0 aliphatic carbocycles. The van der Waals surface area contributed by atoms with Gasteiger partial charge in [-0.15, -0.1) is 0 Å². The number of aromatic nitrogens is 3. The second-order valence-corrected chi connectivity index (χ2v) is 7.66. The molecule has 1 fully saturated rings. The van der Waals surface area contributed by atoms with Crippen molar-refractivity contribution >= 4 is 22.9 Å². The molecule has 8 heteroatoms. The van der Waals surface area contributed by atoms with Crippen LogP contribution in [0.3, 0.4) is 0 Å². The molecule has 0 spiro atoms. The molecule has 2 aliphatic heterocycles. The van der Waals surface area contributed by atoms with Crippen molar-refractivity contribution in [2.45, 2.75) is 19.5 Å². The molecule has 2 N–H and O–H groups in total. The van der Waals surface area contributed by atoms with Crippen LogP contribution in [0.4, 0.5) is 0 Å². The van der Waals surface area contributed by atoms with E-state index < -0.39 is 0 Å². The molecule has 154 valence electrons. The Hall–Kier alpha value is -3.23. The Morgan fingerprint density at radius 2 is 2.27 bits per heavy atom. The molecule has 0 bridgehead atoms. The van der Waals surface area contributed by atoms with E-state index in [1.807, 2.05) is 18.2 Å². The summed E-state index contributed by atoms with van der Waals surface area (Å²) in [6.07, 6.45) is 3.37. The Balaban J connectivity index is 1.50. The fourth-order valence-corrected chi connectivity index (χ4v) is 4.12. The first-order valence-corrected chi connectivity index (χ1v) is 10.0. The van der Waals surface area contributed by atoms with Crippen molar-refractivity contribution in [3.8, 4) is 11.5 Å². The number of allylic oxidation sites excluding steroid dienone is 1. The second-order valence-electron chi connectivity index (χ2n) is 7.66. The van der Waals surface area contributed by atoms with E-state index in [1.54, 1.807) is 25.4 Å². The van der Waals surface area contributed by atoms with Gasteiger partial charge in [0, 0.05) is 49.9 Å². The van der Waals surface area contributed by atoms with Crippen LogP contribution in [0.25, 0.3) is 17.1 Å². The normalized spacial score (nSPS) is 20.5. The maximum Gasteiger partial charge on any atom is 0.232 e. The monoisotopic (exact) mass is 405 g/mol. The highest BCUT2D eigenvalue weighted by Gasteiger charge is 2.32. The van der Waals surface area contributed by atoms with Crippen molar-refractivity contribution in [2.24, 2.45) is 0 Å². The number of piperazine rings is 1. The van der Waals surface area contributed by atoms with Crippen LogP contribution in [0, 0.1) is 0 Å². The van der Waals surface area contributed by atoms with Crippen molar-refractivity contribution in [3.63, 3.8) is 0 Å². The topological polar surface area (TPSA) is 92.4 Å². The van der Waals surface area contributed by atoms with Gasteiger partial charge in [0.2, 0.25) is 5.78 Å².